The number of oxime groups is 1. The van der Waals surface area contributed by atoms with E-state index in [1.165, 1.54) is 0 Å². The Labute approximate surface area is 113 Å². The molecule has 104 valence electrons. The van der Waals surface area contributed by atoms with Crippen LogP contribution >= 0.6 is 0 Å². The monoisotopic (exact) mass is 263 g/mol. The van der Waals surface area contributed by atoms with Crippen LogP contribution in [0.25, 0.3) is 0 Å². The third kappa shape index (κ3) is 2.81. The second kappa shape index (κ2) is 5.48. The van der Waals surface area contributed by atoms with E-state index in [0.29, 0.717) is 12.5 Å². The van der Waals surface area contributed by atoms with E-state index in [-0.39, 0.29) is 11.9 Å². The number of piperidine rings is 1. The summed E-state index contributed by atoms with van der Waals surface area (Å²) in [7, 11) is 0. The summed E-state index contributed by atoms with van der Waals surface area (Å²) in [4.78, 5) is 2.17. The van der Waals surface area contributed by atoms with E-state index < -0.39 is 0 Å². The Morgan fingerprint density at radius 3 is 2.79 bits per heavy atom. The minimum Gasteiger partial charge on any atom is -0.409 e. The summed E-state index contributed by atoms with van der Waals surface area (Å²) in [5.74, 6) is 0.477. The molecule has 5 heteroatoms. The number of amidine groups is 1. The van der Waals surface area contributed by atoms with Gasteiger partial charge in [-0.25, -0.2) is 0 Å². The van der Waals surface area contributed by atoms with Crippen molar-refractivity contribution in [3.8, 4) is 0 Å². The van der Waals surface area contributed by atoms with Crippen molar-refractivity contribution in [3.05, 3.63) is 29.3 Å². The molecule has 5 nitrogen and oxygen atoms in total. The maximum Gasteiger partial charge on any atom is 0.170 e. The van der Waals surface area contributed by atoms with Gasteiger partial charge < -0.3 is 20.9 Å². The van der Waals surface area contributed by atoms with Crippen LogP contribution in [-0.2, 0) is 0 Å². The lowest BCUT2D eigenvalue weighted by atomic mass is 9.95. The molecule has 1 aliphatic heterocycles. The van der Waals surface area contributed by atoms with Crippen molar-refractivity contribution >= 4 is 11.5 Å². The maximum atomic E-state index is 9.95. The highest BCUT2D eigenvalue weighted by atomic mass is 16.4. The lowest BCUT2D eigenvalue weighted by Crippen LogP contribution is -2.42. The number of rotatable bonds is 2. The van der Waals surface area contributed by atoms with Gasteiger partial charge in [-0.05, 0) is 43.0 Å². The first-order chi connectivity index (χ1) is 9.02. The smallest absolute Gasteiger partial charge is 0.170 e. The van der Waals surface area contributed by atoms with E-state index >= 15 is 0 Å². The molecule has 0 bridgehead atoms. The van der Waals surface area contributed by atoms with Gasteiger partial charge in [0.2, 0.25) is 0 Å². The molecule has 2 rings (SSSR count). The van der Waals surface area contributed by atoms with Crippen molar-refractivity contribution in [1.29, 1.82) is 0 Å². The molecule has 2 atom stereocenters. The Balaban J connectivity index is 2.21. The number of hydrogen-bond donors (Lipinski definition) is 3. The highest BCUT2D eigenvalue weighted by molar-refractivity contribution is 5.98. The highest BCUT2D eigenvalue weighted by Gasteiger charge is 2.24. The summed E-state index contributed by atoms with van der Waals surface area (Å²) in [6.45, 7) is 5.61. The van der Waals surface area contributed by atoms with Crippen molar-refractivity contribution in [2.75, 3.05) is 18.0 Å². The molecular weight excluding hydrogens is 242 g/mol. The van der Waals surface area contributed by atoms with Crippen LogP contribution in [0.5, 0.6) is 0 Å². The fraction of sp³-hybridized carbons (Fsp3) is 0.500. The topological polar surface area (TPSA) is 82.1 Å². The van der Waals surface area contributed by atoms with Crippen molar-refractivity contribution < 1.29 is 10.3 Å². The van der Waals surface area contributed by atoms with Crippen LogP contribution in [0, 0.1) is 12.8 Å². The third-order valence-electron chi connectivity index (χ3n) is 3.88. The number of nitrogens with two attached hydrogens (primary N) is 1. The van der Waals surface area contributed by atoms with E-state index in [1.54, 1.807) is 0 Å². The average molecular weight is 263 g/mol. The quantitative estimate of drug-likeness (QED) is 0.325. The van der Waals surface area contributed by atoms with Gasteiger partial charge >= 0.3 is 0 Å². The Kier molecular flexibility index (Phi) is 3.95. The summed E-state index contributed by atoms with van der Waals surface area (Å²) < 4.78 is 0. The predicted molar refractivity (Wildman–Crippen MR) is 75.7 cm³/mol. The Morgan fingerprint density at radius 2 is 2.21 bits per heavy atom. The zero-order valence-electron chi connectivity index (χ0n) is 11.4. The SMILES string of the molecule is Cc1cc(N2CCC(C)C(O)C2)ccc1/C(N)=N/O. The molecule has 1 aliphatic rings. The first kappa shape index (κ1) is 13.7. The number of β-amino-alcohol motifs (C(OH)–C–C–N with tert-alkyl or cyclic N) is 1. The maximum absolute atomic E-state index is 9.95. The molecule has 19 heavy (non-hydrogen) atoms. The first-order valence-electron chi connectivity index (χ1n) is 6.54. The number of hydrogen-bond acceptors (Lipinski definition) is 4. The summed E-state index contributed by atoms with van der Waals surface area (Å²) in [5, 5.41) is 21.7. The van der Waals surface area contributed by atoms with Gasteiger partial charge in [-0.3, -0.25) is 0 Å². The third-order valence-corrected chi connectivity index (χ3v) is 3.88. The van der Waals surface area contributed by atoms with Crippen LogP contribution in [0.1, 0.15) is 24.5 Å². The molecule has 1 aromatic carbocycles. The van der Waals surface area contributed by atoms with Crippen LogP contribution < -0.4 is 10.6 Å². The summed E-state index contributed by atoms with van der Waals surface area (Å²) in [6, 6.07) is 5.81. The van der Waals surface area contributed by atoms with E-state index in [1.807, 2.05) is 25.1 Å². The van der Waals surface area contributed by atoms with Crippen molar-refractivity contribution in [1.82, 2.24) is 0 Å². The van der Waals surface area contributed by atoms with Gasteiger partial charge in [-0.15, -0.1) is 0 Å². The lowest BCUT2D eigenvalue weighted by Gasteiger charge is -2.36. The zero-order valence-corrected chi connectivity index (χ0v) is 11.4. The van der Waals surface area contributed by atoms with Crippen molar-refractivity contribution in [2.45, 2.75) is 26.4 Å². The average Bonchev–Trinajstić information content (AvgIpc) is 2.41. The van der Waals surface area contributed by atoms with Crippen molar-refractivity contribution in [3.63, 3.8) is 0 Å². The fourth-order valence-electron chi connectivity index (χ4n) is 2.47. The first-order valence-corrected chi connectivity index (χ1v) is 6.54. The second-order valence-electron chi connectivity index (χ2n) is 5.26. The second-order valence-corrected chi connectivity index (χ2v) is 5.26. The molecule has 0 saturated carbocycles. The molecule has 0 aliphatic carbocycles. The number of aliphatic hydroxyl groups excluding tert-OH is 1. The predicted octanol–water partition coefficient (Wildman–Crippen LogP) is 1.30. The largest absolute Gasteiger partial charge is 0.409 e. The molecule has 1 aromatic rings. The number of aliphatic hydroxyl groups is 1. The molecule has 1 fully saturated rings. The van der Waals surface area contributed by atoms with E-state index in [0.717, 1.165) is 29.8 Å². The summed E-state index contributed by atoms with van der Waals surface area (Å²) in [5.41, 5.74) is 8.37. The van der Waals surface area contributed by atoms with E-state index in [2.05, 4.69) is 17.0 Å². The Hall–Kier alpha value is -1.75. The molecule has 2 unspecified atom stereocenters. The molecule has 4 N–H and O–H groups in total. The standard InChI is InChI=1S/C14H21N3O2/c1-9-5-6-17(8-13(9)18)11-3-4-12(10(2)7-11)14(15)16-19/h3-4,7,9,13,18-19H,5-6,8H2,1-2H3,(H2,15,16). The number of anilines is 1. The van der Waals surface area contributed by atoms with Crippen LogP contribution in [0.3, 0.4) is 0 Å². The normalized spacial score (nSPS) is 24.6. The van der Waals surface area contributed by atoms with Crippen LogP contribution in [0.4, 0.5) is 5.69 Å². The minimum absolute atomic E-state index is 0.122. The summed E-state index contributed by atoms with van der Waals surface area (Å²) >= 11 is 0. The van der Waals surface area contributed by atoms with Gasteiger partial charge in [0.15, 0.2) is 5.84 Å². The lowest BCUT2D eigenvalue weighted by molar-refractivity contribution is 0.103. The van der Waals surface area contributed by atoms with E-state index in [4.69, 9.17) is 10.9 Å². The molecule has 0 amide bonds. The van der Waals surface area contributed by atoms with Gasteiger partial charge in [0.05, 0.1) is 6.10 Å². The van der Waals surface area contributed by atoms with Crippen LogP contribution in [-0.4, -0.2) is 35.3 Å². The molecule has 0 aromatic heterocycles. The summed E-state index contributed by atoms with van der Waals surface area (Å²) in [6.07, 6.45) is 0.708. The van der Waals surface area contributed by atoms with Gasteiger partial charge in [-0.2, -0.15) is 0 Å². The van der Waals surface area contributed by atoms with Crippen LogP contribution in [0.15, 0.2) is 23.4 Å². The number of aryl methyl sites for hydroxylation is 1. The molecule has 1 heterocycles. The van der Waals surface area contributed by atoms with E-state index in [9.17, 15) is 5.11 Å². The van der Waals surface area contributed by atoms with Gasteiger partial charge in [0.1, 0.15) is 0 Å². The fourth-order valence-corrected chi connectivity index (χ4v) is 2.47. The number of nitrogens with zero attached hydrogens (tertiary/aromatic N) is 2. The molecular formula is C14H21N3O2. The van der Waals surface area contributed by atoms with Gasteiger partial charge in [-0.1, -0.05) is 12.1 Å². The van der Waals surface area contributed by atoms with Gasteiger partial charge in [0.25, 0.3) is 0 Å². The zero-order chi connectivity index (χ0) is 14.0. The van der Waals surface area contributed by atoms with Crippen molar-refractivity contribution in [2.24, 2.45) is 16.8 Å². The van der Waals surface area contributed by atoms with Gasteiger partial charge in [0, 0.05) is 24.3 Å². The Morgan fingerprint density at radius 1 is 1.47 bits per heavy atom. The molecule has 1 saturated heterocycles. The molecule has 0 radical (unpaired) electrons. The highest BCUT2D eigenvalue weighted by Crippen LogP contribution is 2.25. The minimum atomic E-state index is -0.280. The molecule has 0 spiro atoms. The Bertz CT molecular complexity index is 488. The number of benzene rings is 1. The van der Waals surface area contributed by atoms with Crippen LogP contribution in [0.2, 0.25) is 0 Å².